The molecule has 0 N–H and O–H groups in total. The van der Waals surface area contributed by atoms with E-state index in [2.05, 4.69) is 19.1 Å². The molecule has 3 aliphatic carbocycles. The van der Waals surface area contributed by atoms with Crippen molar-refractivity contribution in [2.75, 3.05) is 0 Å². The van der Waals surface area contributed by atoms with Crippen molar-refractivity contribution in [2.24, 2.45) is 23.2 Å². The van der Waals surface area contributed by atoms with Crippen LogP contribution in [-0.4, -0.2) is 0 Å². The Balaban J connectivity index is 2.19. The summed E-state index contributed by atoms with van der Waals surface area (Å²) in [4.78, 5) is 0. The van der Waals surface area contributed by atoms with Crippen molar-refractivity contribution < 1.29 is 0 Å². The second kappa shape index (κ2) is 0.706. The van der Waals surface area contributed by atoms with E-state index < -0.39 is 0 Å². The highest BCUT2D eigenvalue weighted by Gasteiger charge is 2.69. The highest BCUT2D eigenvalue weighted by Crippen LogP contribution is 2.76. The van der Waals surface area contributed by atoms with Crippen molar-refractivity contribution in [3.8, 4) is 0 Å². The van der Waals surface area contributed by atoms with E-state index in [-0.39, 0.29) is 0 Å². The first-order valence-electron chi connectivity index (χ1n) is 3.51. The standard InChI is InChI=1S/C8H10/c1-8-3-2-5-6(4-8)7(5)8/h2-3,5-7H,4H2,1H3. The lowest BCUT2D eigenvalue weighted by Gasteiger charge is -2.33. The number of rotatable bonds is 0. The van der Waals surface area contributed by atoms with Gasteiger partial charge in [-0.05, 0) is 29.6 Å². The summed E-state index contributed by atoms with van der Waals surface area (Å²) in [6.45, 7) is 2.40. The van der Waals surface area contributed by atoms with Crippen molar-refractivity contribution in [1.29, 1.82) is 0 Å². The Morgan fingerprint density at radius 1 is 1.62 bits per heavy atom. The van der Waals surface area contributed by atoms with E-state index in [0.717, 1.165) is 17.8 Å². The highest BCUT2D eigenvalue weighted by molar-refractivity contribution is 5.33. The van der Waals surface area contributed by atoms with E-state index in [0.29, 0.717) is 5.41 Å². The van der Waals surface area contributed by atoms with Crippen LogP contribution >= 0.6 is 0 Å². The molecule has 0 aromatic carbocycles. The minimum atomic E-state index is 0.690. The van der Waals surface area contributed by atoms with E-state index in [9.17, 15) is 0 Å². The maximum absolute atomic E-state index is 2.43. The molecule has 0 bridgehead atoms. The average molecular weight is 106 g/mol. The Morgan fingerprint density at radius 2 is 2.50 bits per heavy atom. The van der Waals surface area contributed by atoms with E-state index in [4.69, 9.17) is 0 Å². The molecule has 2 fully saturated rings. The van der Waals surface area contributed by atoms with Gasteiger partial charge in [-0.2, -0.15) is 0 Å². The number of hydrogen-bond donors (Lipinski definition) is 0. The molecular formula is C8H10. The third-order valence-corrected chi connectivity index (χ3v) is 3.37. The van der Waals surface area contributed by atoms with Gasteiger partial charge in [-0.3, -0.25) is 0 Å². The smallest absolute Gasteiger partial charge is 0.0107 e. The first kappa shape index (κ1) is 3.71. The van der Waals surface area contributed by atoms with Crippen LogP contribution in [-0.2, 0) is 0 Å². The van der Waals surface area contributed by atoms with Gasteiger partial charge in [0.15, 0.2) is 0 Å². The summed E-state index contributed by atoms with van der Waals surface area (Å²) in [6, 6.07) is 0. The lowest BCUT2D eigenvalue weighted by molar-refractivity contribution is 0.210. The minimum absolute atomic E-state index is 0.690. The van der Waals surface area contributed by atoms with Crippen LogP contribution < -0.4 is 0 Å². The molecule has 0 heteroatoms. The Bertz CT molecular complexity index is 180. The van der Waals surface area contributed by atoms with Gasteiger partial charge >= 0.3 is 0 Å². The van der Waals surface area contributed by atoms with Gasteiger partial charge in [0.1, 0.15) is 0 Å². The molecule has 3 aliphatic rings. The number of allylic oxidation sites excluding steroid dienone is 2. The van der Waals surface area contributed by atoms with Crippen molar-refractivity contribution in [2.45, 2.75) is 13.3 Å². The maximum Gasteiger partial charge on any atom is -0.0107 e. The van der Waals surface area contributed by atoms with Crippen molar-refractivity contribution >= 4 is 0 Å². The van der Waals surface area contributed by atoms with Crippen molar-refractivity contribution in [1.82, 2.24) is 0 Å². The topological polar surface area (TPSA) is 0 Å². The van der Waals surface area contributed by atoms with Gasteiger partial charge in [-0.15, -0.1) is 0 Å². The molecule has 4 unspecified atom stereocenters. The maximum atomic E-state index is 2.43. The molecule has 0 radical (unpaired) electrons. The molecule has 0 nitrogen and oxygen atoms in total. The molecule has 0 aliphatic heterocycles. The zero-order chi connectivity index (χ0) is 5.35. The van der Waals surface area contributed by atoms with Crippen LogP contribution in [0.5, 0.6) is 0 Å². The largest absolute Gasteiger partial charge is 0.0843 e. The summed E-state index contributed by atoms with van der Waals surface area (Å²) in [5.74, 6) is 3.30. The second-order valence-electron chi connectivity index (χ2n) is 3.84. The predicted molar refractivity (Wildman–Crippen MR) is 32.3 cm³/mol. The Kier molecular flexibility index (Phi) is 0.327. The molecule has 0 aromatic rings. The Morgan fingerprint density at radius 3 is 2.62 bits per heavy atom. The summed E-state index contributed by atoms with van der Waals surface area (Å²) in [5, 5.41) is 0. The fourth-order valence-electron chi connectivity index (χ4n) is 2.85. The average Bonchev–Trinajstić information content (AvgIpc) is 2.23. The summed E-state index contributed by atoms with van der Waals surface area (Å²) in [5.41, 5.74) is 0.690. The van der Waals surface area contributed by atoms with Crippen molar-refractivity contribution in [3.05, 3.63) is 12.2 Å². The molecule has 2 saturated carbocycles. The highest BCUT2D eigenvalue weighted by atomic mass is 14.7. The second-order valence-corrected chi connectivity index (χ2v) is 3.84. The zero-order valence-electron chi connectivity index (χ0n) is 5.09. The Labute approximate surface area is 49.6 Å². The number of fused-ring (bicyclic) bond motifs is 1. The van der Waals surface area contributed by atoms with Crippen LogP contribution in [0.1, 0.15) is 13.3 Å². The lowest BCUT2D eigenvalue weighted by atomic mass is 9.71. The van der Waals surface area contributed by atoms with E-state index in [1.165, 1.54) is 6.42 Å². The first-order chi connectivity index (χ1) is 3.81. The van der Waals surface area contributed by atoms with Crippen molar-refractivity contribution in [3.63, 3.8) is 0 Å². The summed E-state index contributed by atoms with van der Waals surface area (Å²) in [6.07, 6.45) is 6.36. The van der Waals surface area contributed by atoms with Crippen LogP contribution in [0.2, 0.25) is 0 Å². The number of hydrogen-bond acceptors (Lipinski definition) is 0. The van der Waals surface area contributed by atoms with Crippen LogP contribution in [0.4, 0.5) is 0 Å². The summed E-state index contributed by atoms with van der Waals surface area (Å²) in [7, 11) is 0. The molecule has 0 spiro atoms. The fourth-order valence-corrected chi connectivity index (χ4v) is 2.85. The van der Waals surface area contributed by atoms with E-state index in [1.54, 1.807) is 0 Å². The quantitative estimate of drug-likeness (QED) is 0.413. The molecule has 4 atom stereocenters. The van der Waals surface area contributed by atoms with Gasteiger partial charge in [-0.25, -0.2) is 0 Å². The van der Waals surface area contributed by atoms with E-state index in [1.807, 2.05) is 0 Å². The molecule has 42 valence electrons. The van der Waals surface area contributed by atoms with Gasteiger partial charge in [-0.1, -0.05) is 19.1 Å². The van der Waals surface area contributed by atoms with Gasteiger partial charge in [0.25, 0.3) is 0 Å². The van der Waals surface area contributed by atoms with E-state index >= 15 is 0 Å². The predicted octanol–water partition coefficient (Wildman–Crippen LogP) is 1.83. The van der Waals surface area contributed by atoms with Gasteiger partial charge in [0.2, 0.25) is 0 Å². The summed E-state index contributed by atoms with van der Waals surface area (Å²) >= 11 is 0. The van der Waals surface area contributed by atoms with Crippen LogP contribution in [0.3, 0.4) is 0 Å². The third-order valence-electron chi connectivity index (χ3n) is 3.37. The fraction of sp³-hybridized carbons (Fsp3) is 0.750. The first-order valence-corrected chi connectivity index (χ1v) is 3.51. The molecule has 0 heterocycles. The van der Waals surface area contributed by atoms with Crippen LogP contribution in [0.25, 0.3) is 0 Å². The summed E-state index contributed by atoms with van der Waals surface area (Å²) < 4.78 is 0. The van der Waals surface area contributed by atoms with Gasteiger partial charge in [0.05, 0.1) is 0 Å². The Hall–Kier alpha value is -0.260. The molecular weight excluding hydrogens is 96.1 g/mol. The molecule has 0 amide bonds. The monoisotopic (exact) mass is 106 g/mol. The molecule has 0 aromatic heterocycles. The SMILES string of the molecule is CC12C=CC3C(C1)C32. The zero-order valence-corrected chi connectivity index (χ0v) is 5.09. The molecule has 8 heavy (non-hydrogen) atoms. The molecule has 3 rings (SSSR count). The normalized spacial score (nSPS) is 71.9. The minimum Gasteiger partial charge on any atom is -0.0843 e. The van der Waals surface area contributed by atoms with Gasteiger partial charge in [0, 0.05) is 0 Å². The van der Waals surface area contributed by atoms with Gasteiger partial charge < -0.3 is 0 Å². The lowest BCUT2D eigenvalue weighted by Crippen LogP contribution is -2.26. The molecule has 0 saturated heterocycles. The van der Waals surface area contributed by atoms with Crippen LogP contribution in [0, 0.1) is 23.2 Å². The van der Waals surface area contributed by atoms with Crippen LogP contribution in [0.15, 0.2) is 12.2 Å². The third kappa shape index (κ3) is 0.180.